The number of nitrogens with zero attached hydrogens (tertiary/aromatic N) is 1. The molecule has 1 N–H and O–H groups in total. The molecule has 166 valence electrons. The minimum absolute atomic E-state index is 0.111. The van der Waals surface area contributed by atoms with Crippen LogP contribution in [0.2, 0.25) is 0 Å². The van der Waals surface area contributed by atoms with E-state index in [1.54, 1.807) is 60.5 Å². The molecule has 0 aromatic heterocycles. The smallest absolute Gasteiger partial charge is 0.256 e. The van der Waals surface area contributed by atoms with Gasteiger partial charge in [-0.05, 0) is 23.3 Å². The number of hydrogen-bond acceptors (Lipinski definition) is 4. The molecule has 0 bridgehead atoms. The van der Waals surface area contributed by atoms with Gasteiger partial charge in [0.1, 0.15) is 0 Å². The zero-order valence-corrected chi connectivity index (χ0v) is 18.7. The topological polar surface area (TPSA) is 83.6 Å². The molecule has 3 aromatic rings. The summed E-state index contributed by atoms with van der Waals surface area (Å²) < 4.78 is 24.7. The molecule has 0 saturated carbocycles. The summed E-state index contributed by atoms with van der Waals surface area (Å²) in [6, 6.07) is 25.2. The van der Waals surface area contributed by atoms with Crippen molar-refractivity contribution in [3.05, 3.63) is 102 Å². The van der Waals surface area contributed by atoms with Crippen molar-refractivity contribution in [3.63, 3.8) is 0 Å². The van der Waals surface area contributed by atoms with Crippen molar-refractivity contribution in [1.82, 2.24) is 4.90 Å². The van der Waals surface area contributed by atoms with Gasteiger partial charge in [-0.3, -0.25) is 9.59 Å². The first-order valence-corrected chi connectivity index (χ1v) is 12.1. The van der Waals surface area contributed by atoms with Crippen LogP contribution in [0.3, 0.4) is 0 Å². The molecule has 0 aliphatic carbocycles. The minimum Gasteiger partial charge on any atom is -0.337 e. The van der Waals surface area contributed by atoms with E-state index in [2.05, 4.69) is 5.32 Å². The fraction of sp³-hybridized carbons (Fsp3) is 0.200. The number of hydrogen-bond donors (Lipinski definition) is 1. The summed E-state index contributed by atoms with van der Waals surface area (Å²) in [7, 11) is -1.73. The molecule has 0 aliphatic heterocycles. The van der Waals surface area contributed by atoms with Gasteiger partial charge in [-0.25, -0.2) is 8.42 Å². The van der Waals surface area contributed by atoms with E-state index < -0.39 is 15.7 Å². The fourth-order valence-electron chi connectivity index (χ4n) is 3.27. The zero-order chi connectivity index (χ0) is 23.0. The molecule has 0 atom stereocenters. The lowest BCUT2D eigenvalue weighted by molar-refractivity contribution is -0.115. The van der Waals surface area contributed by atoms with Gasteiger partial charge in [0.05, 0.1) is 22.8 Å². The third-order valence-corrected chi connectivity index (χ3v) is 6.51. The average molecular weight is 451 g/mol. The normalized spacial score (nSPS) is 11.0. The van der Waals surface area contributed by atoms with Gasteiger partial charge >= 0.3 is 0 Å². The maximum absolute atomic E-state index is 13.0. The molecule has 0 spiro atoms. The van der Waals surface area contributed by atoms with E-state index in [4.69, 9.17) is 0 Å². The van der Waals surface area contributed by atoms with Crippen molar-refractivity contribution in [2.45, 2.75) is 18.7 Å². The summed E-state index contributed by atoms with van der Waals surface area (Å²) in [5, 5.41) is 2.70. The van der Waals surface area contributed by atoms with Gasteiger partial charge in [0, 0.05) is 20.0 Å². The lowest BCUT2D eigenvalue weighted by Gasteiger charge is -2.19. The fourth-order valence-corrected chi connectivity index (χ4v) is 4.62. The number of para-hydroxylation sites is 1. The first kappa shape index (κ1) is 23.2. The van der Waals surface area contributed by atoms with Crippen LogP contribution in [0.4, 0.5) is 5.69 Å². The lowest BCUT2D eigenvalue weighted by Crippen LogP contribution is -2.27. The molecule has 6 nitrogen and oxygen atoms in total. The molecule has 0 unspecified atom stereocenters. The molecule has 3 aromatic carbocycles. The summed E-state index contributed by atoms with van der Waals surface area (Å²) in [5.41, 5.74) is 2.40. The van der Waals surface area contributed by atoms with Crippen LogP contribution in [0.15, 0.2) is 84.9 Å². The maximum atomic E-state index is 13.0. The molecule has 7 heteroatoms. The summed E-state index contributed by atoms with van der Waals surface area (Å²) in [5.74, 6) is -1.06. The van der Waals surface area contributed by atoms with Crippen molar-refractivity contribution in [2.24, 2.45) is 0 Å². The quantitative estimate of drug-likeness (QED) is 0.536. The Balaban J connectivity index is 1.61. The zero-order valence-electron chi connectivity index (χ0n) is 17.9. The largest absolute Gasteiger partial charge is 0.337 e. The number of sulfone groups is 1. The predicted octanol–water partition coefficient (Wildman–Crippen LogP) is 3.90. The first-order valence-electron chi connectivity index (χ1n) is 10.3. The Labute approximate surface area is 188 Å². The number of amides is 2. The summed E-state index contributed by atoms with van der Waals surface area (Å²) in [6.45, 7) is 0.430. The maximum Gasteiger partial charge on any atom is 0.256 e. The highest BCUT2D eigenvalue weighted by atomic mass is 32.2. The molecule has 0 fully saturated rings. The minimum atomic E-state index is -3.43. The van der Waals surface area contributed by atoms with E-state index >= 15 is 0 Å². The van der Waals surface area contributed by atoms with E-state index in [0.29, 0.717) is 23.4 Å². The first-order chi connectivity index (χ1) is 15.3. The number of carbonyl (C=O) groups is 2. The Bertz CT molecular complexity index is 1160. The summed E-state index contributed by atoms with van der Waals surface area (Å²) in [6.07, 6.45) is -0.183. The Morgan fingerprint density at radius 1 is 0.812 bits per heavy atom. The molecule has 0 heterocycles. The molecule has 3 rings (SSSR count). The van der Waals surface area contributed by atoms with Crippen molar-refractivity contribution < 1.29 is 18.0 Å². The van der Waals surface area contributed by atoms with Crippen LogP contribution in [0.25, 0.3) is 0 Å². The monoisotopic (exact) mass is 450 g/mol. The van der Waals surface area contributed by atoms with Crippen molar-refractivity contribution in [3.8, 4) is 0 Å². The number of nitrogens with one attached hydrogen (secondary N) is 1. The van der Waals surface area contributed by atoms with Crippen LogP contribution in [0, 0.1) is 0 Å². The third-order valence-electron chi connectivity index (χ3n) is 4.91. The van der Waals surface area contributed by atoms with Crippen molar-refractivity contribution >= 4 is 27.3 Å². The second-order valence-corrected chi connectivity index (χ2v) is 9.75. The third kappa shape index (κ3) is 6.78. The highest BCUT2D eigenvalue weighted by Crippen LogP contribution is 2.19. The second kappa shape index (κ2) is 10.7. The highest BCUT2D eigenvalue weighted by Gasteiger charge is 2.19. The van der Waals surface area contributed by atoms with Gasteiger partial charge in [0.25, 0.3) is 5.91 Å². The molecule has 0 saturated heterocycles. The number of rotatable bonds is 9. The molecular weight excluding hydrogens is 424 g/mol. The van der Waals surface area contributed by atoms with E-state index in [1.807, 2.05) is 36.4 Å². The van der Waals surface area contributed by atoms with Gasteiger partial charge < -0.3 is 10.2 Å². The summed E-state index contributed by atoms with van der Waals surface area (Å²) >= 11 is 0. The van der Waals surface area contributed by atoms with E-state index in [0.717, 1.165) is 5.56 Å². The van der Waals surface area contributed by atoms with Crippen LogP contribution in [0.1, 0.15) is 27.9 Å². The Morgan fingerprint density at radius 3 is 2.03 bits per heavy atom. The summed E-state index contributed by atoms with van der Waals surface area (Å²) in [4.78, 5) is 27.0. The molecule has 32 heavy (non-hydrogen) atoms. The molecule has 0 radical (unpaired) electrons. The predicted molar refractivity (Wildman–Crippen MR) is 126 cm³/mol. The SMILES string of the molecule is CN(Cc1ccccc1)C(=O)c1ccccc1NC(=O)CCS(=O)(=O)Cc1ccccc1. The standard InChI is InChI=1S/C25H26N2O4S/c1-27(18-20-10-4-2-5-11-20)25(29)22-14-8-9-15-23(22)26-24(28)16-17-32(30,31)19-21-12-6-3-7-13-21/h2-15H,16-19H2,1H3,(H,26,28). The van der Waals surface area contributed by atoms with E-state index in [-0.39, 0.29) is 23.8 Å². The van der Waals surface area contributed by atoms with E-state index in [9.17, 15) is 18.0 Å². The lowest BCUT2D eigenvalue weighted by atomic mass is 10.1. The van der Waals surface area contributed by atoms with Crippen molar-refractivity contribution in [2.75, 3.05) is 18.1 Å². The van der Waals surface area contributed by atoms with Crippen LogP contribution in [-0.2, 0) is 26.9 Å². The van der Waals surface area contributed by atoms with Crippen LogP contribution in [-0.4, -0.2) is 37.9 Å². The van der Waals surface area contributed by atoms with Crippen LogP contribution < -0.4 is 5.32 Å². The van der Waals surface area contributed by atoms with Gasteiger partial charge in [-0.15, -0.1) is 0 Å². The highest BCUT2D eigenvalue weighted by molar-refractivity contribution is 7.90. The van der Waals surface area contributed by atoms with Crippen molar-refractivity contribution in [1.29, 1.82) is 0 Å². The Hall–Kier alpha value is -3.45. The van der Waals surface area contributed by atoms with E-state index in [1.165, 1.54) is 0 Å². The van der Waals surface area contributed by atoms with Crippen LogP contribution in [0.5, 0.6) is 0 Å². The second-order valence-electron chi connectivity index (χ2n) is 7.57. The van der Waals surface area contributed by atoms with Gasteiger partial charge in [-0.1, -0.05) is 72.8 Å². The molecule has 2 amide bonds. The number of anilines is 1. The van der Waals surface area contributed by atoms with Gasteiger partial charge in [0.15, 0.2) is 9.84 Å². The van der Waals surface area contributed by atoms with Gasteiger partial charge in [0.2, 0.25) is 5.91 Å². The molecular formula is C25H26N2O4S. The van der Waals surface area contributed by atoms with Gasteiger partial charge in [-0.2, -0.15) is 0 Å². The molecule has 0 aliphatic rings. The number of carbonyl (C=O) groups excluding carboxylic acids is 2. The average Bonchev–Trinajstić information content (AvgIpc) is 2.79. The van der Waals surface area contributed by atoms with Crippen LogP contribution >= 0.6 is 0 Å². The Kier molecular flexibility index (Phi) is 7.78. The number of benzene rings is 3. The Morgan fingerprint density at radius 2 is 1.38 bits per heavy atom.